The molecule has 0 radical (unpaired) electrons. The Morgan fingerprint density at radius 2 is 2.18 bits per heavy atom. The van der Waals surface area contributed by atoms with Crippen LogP contribution in [0.5, 0.6) is 0 Å². The second-order valence-electron chi connectivity index (χ2n) is 2.97. The van der Waals surface area contributed by atoms with Gasteiger partial charge in [-0.05, 0) is 39.0 Å². The monoisotopic (exact) mass is 174 g/mol. The Kier molecular flexibility index (Phi) is 6.74. The minimum Gasteiger partial charge on any atom is -0.127 e. The largest absolute Gasteiger partial charge is 0.127 e. The minimum atomic E-state index is 0.763. The van der Waals surface area contributed by atoms with Crippen LogP contribution in [0.4, 0.5) is 0 Å². The highest BCUT2D eigenvalue weighted by Crippen LogP contribution is 2.20. The zero-order valence-corrected chi connectivity index (χ0v) is 8.62. The molecule has 0 N–H and O–H groups in total. The molecular formula is C10H19Cl. The number of alkyl halides is 1. The third-order valence-corrected chi connectivity index (χ3v) is 2.55. The van der Waals surface area contributed by atoms with Crippen LogP contribution >= 0.6 is 11.6 Å². The average molecular weight is 175 g/mol. The van der Waals surface area contributed by atoms with Gasteiger partial charge in [0.25, 0.3) is 0 Å². The molecule has 1 heteroatoms. The van der Waals surface area contributed by atoms with Crippen LogP contribution in [0.25, 0.3) is 0 Å². The smallest absolute Gasteiger partial charge is 0.0223 e. The molecule has 0 aliphatic carbocycles. The average Bonchev–Trinajstić information content (AvgIpc) is 2.05. The predicted octanol–water partition coefficient (Wildman–Crippen LogP) is 4.00. The van der Waals surface area contributed by atoms with E-state index in [9.17, 15) is 0 Å². The molecule has 0 saturated heterocycles. The molecule has 0 aromatic rings. The van der Waals surface area contributed by atoms with Gasteiger partial charge in [-0.3, -0.25) is 0 Å². The van der Waals surface area contributed by atoms with Gasteiger partial charge in [0.05, 0.1) is 0 Å². The van der Waals surface area contributed by atoms with Crippen LogP contribution in [0.2, 0.25) is 0 Å². The van der Waals surface area contributed by atoms with Crippen LogP contribution in [0.15, 0.2) is 11.6 Å². The Morgan fingerprint density at radius 3 is 2.55 bits per heavy atom. The molecule has 0 amide bonds. The second kappa shape index (κ2) is 6.72. The highest BCUT2D eigenvalue weighted by atomic mass is 35.5. The van der Waals surface area contributed by atoms with Crippen LogP contribution in [-0.2, 0) is 0 Å². The van der Waals surface area contributed by atoms with E-state index in [1.807, 2.05) is 0 Å². The number of allylic oxidation sites excluding steroid dienone is 2. The van der Waals surface area contributed by atoms with Gasteiger partial charge >= 0.3 is 0 Å². The Hall–Kier alpha value is 0.0300. The fourth-order valence-electron chi connectivity index (χ4n) is 1.31. The van der Waals surface area contributed by atoms with Crippen molar-refractivity contribution in [1.29, 1.82) is 0 Å². The zero-order valence-electron chi connectivity index (χ0n) is 7.86. The van der Waals surface area contributed by atoms with Crippen LogP contribution in [0, 0.1) is 5.92 Å². The zero-order chi connectivity index (χ0) is 8.69. The summed E-state index contributed by atoms with van der Waals surface area (Å²) < 4.78 is 0. The molecule has 66 valence electrons. The number of hydrogen-bond donors (Lipinski definition) is 0. The van der Waals surface area contributed by atoms with E-state index in [1.54, 1.807) is 0 Å². The highest BCUT2D eigenvalue weighted by molar-refractivity contribution is 6.17. The van der Waals surface area contributed by atoms with Crippen molar-refractivity contribution in [2.45, 2.75) is 40.0 Å². The van der Waals surface area contributed by atoms with Gasteiger partial charge in [0.1, 0.15) is 0 Å². The summed E-state index contributed by atoms with van der Waals surface area (Å²) in [6.07, 6.45) is 5.84. The number of hydrogen-bond acceptors (Lipinski definition) is 0. The first-order chi connectivity index (χ1) is 5.26. The molecule has 1 atom stereocenters. The summed E-state index contributed by atoms with van der Waals surface area (Å²) in [6.45, 7) is 6.56. The maximum absolute atomic E-state index is 5.63. The molecule has 0 aromatic heterocycles. The van der Waals surface area contributed by atoms with Crippen molar-refractivity contribution in [3.63, 3.8) is 0 Å². The summed E-state index contributed by atoms with van der Waals surface area (Å²) in [7, 11) is 0. The quantitative estimate of drug-likeness (QED) is 0.437. The molecule has 1 unspecified atom stereocenters. The maximum Gasteiger partial charge on any atom is 0.0223 e. The Morgan fingerprint density at radius 1 is 1.55 bits per heavy atom. The molecule has 0 saturated carbocycles. The highest BCUT2D eigenvalue weighted by Gasteiger charge is 2.05. The van der Waals surface area contributed by atoms with Crippen molar-refractivity contribution in [2.75, 3.05) is 5.88 Å². The van der Waals surface area contributed by atoms with Crippen molar-refractivity contribution in [2.24, 2.45) is 5.92 Å². The summed E-state index contributed by atoms with van der Waals surface area (Å²) in [5.74, 6) is 1.56. The molecule has 0 heterocycles. The number of halogens is 1. The van der Waals surface area contributed by atoms with E-state index >= 15 is 0 Å². The molecule has 0 aliphatic rings. The van der Waals surface area contributed by atoms with Gasteiger partial charge in [-0.25, -0.2) is 0 Å². The molecule has 0 aromatic carbocycles. The van der Waals surface area contributed by atoms with Crippen molar-refractivity contribution >= 4 is 11.6 Å². The lowest BCUT2D eigenvalue weighted by Crippen LogP contribution is -2.00. The minimum absolute atomic E-state index is 0.763. The molecule has 0 nitrogen and oxygen atoms in total. The third kappa shape index (κ3) is 4.47. The summed E-state index contributed by atoms with van der Waals surface area (Å²) in [4.78, 5) is 0. The topological polar surface area (TPSA) is 0 Å². The van der Waals surface area contributed by atoms with Gasteiger partial charge in [-0.15, -0.1) is 11.6 Å². The van der Waals surface area contributed by atoms with E-state index in [4.69, 9.17) is 11.6 Å². The lowest BCUT2D eigenvalue weighted by atomic mass is 9.93. The van der Waals surface area contributed by atoms with Crippen molar-refractivity contribution in [1.82, 2.24) is 0 Å². The van der Waals surface area contributed by atoms with E-state index in [1.165, 1.54) is 18.4 Å². The van der Waals surface area contributed by atoms with Crippen molar-refractivity contribution in [3.8, 4) is 0 Å². The van der Waals surface area contributed by atoms with Gasteiger partial charge in [-0.1, -0.05) is 18.6 Å². The first kappa shape index (κ1) is 11.0. The molecular weight excluding hydrogens is 156 g/mol. The van der Waals surface area contributed by atoms with Crippen LogP contribution in [-0.4, -0.2) is 5.88 Å². The molecule has 0 fully saturated rings. The molecule has 11 heavy (non-hydrogen) atoms. The van der Waals surface area contributed by atoms with Gasteiger partial charge in [0.15, 0.2) is 0 Å². The summed E-state index contributed by atoms with van der Waals surface area (Å²) in [5, 5.41) is 0. The van der Waals surface area contributed by atoms with E-state index in [0.29, 0.717) is 0 Å². The van der Waals surface area contributed by atoms with Gasteiger partial charge in [0.2, 0.25) is 0 Å². The van der Waals surface area contributed by atoms with Crippen LogP contribution in [0.1, 0.15) is 40.0 Å². The fraction of sp³-hybridized carbons (Fsp3) is 0.800. The summed E-state index contributed by atoms with van der Waals surface area (Å²) in [5.41, 5.74) is 1.51. The lowest BCUT2D eigenvalue weighted by Gasteiger charge is -2.14. The van der Waals surface area contributed by atoms with Gasteiger partial charge in [0, 0.05) is 5.88 Å². The molecule has 0 rings (SSSR count). The maximum atomic E-state index is 5.63. The SMILES string of the molecule is C/C=C(\C)C(CC)CCCCl. The normalized spacial score (nSPS) is 15.1. The van der Waals surface area contributed by atoms with E-state index in [2.05, 4.69) is 26.8 Å². The van der Waals surface area contributed by atoms with E-state index < -0.39 is 0 Å². The molecule has 0 aliphatic heterocycles. The van der Waals surface area contributed by atoms with E-state index in [-0.39, 0.29) is 0 Å². The van der Waals surface area contributed by atoms with Crippen molar-refractivity contribution in [3.05, 3.63) is 11.6 Å². The van der Waals surface area contributed by atoms with E-state index in [0.717, 1.165) is 18.2 Å². The summed E-state index contributed by atoms with van der Waals surface area (Å²) >= 11 is 5.63. The summed E-state index contributed by atoms with van der Waals surface area (Å²) in [6, 6.07) is 0. The Labute approximate surface area is 75.6 Å². The Balaban J connectivity index is 3.75. The lowest BCUT2D eigenvalue weighted by molar-refractivity contribution is 0.535. The van der Waals surface area contributed by atoms with Crippen LogP contribution < -0.4 is 0 Å². The number of rotatable bonds is 5. The second-order valence-corrected chi connectivity index (χ2v) is 3.35. The predicted molar refractivity (Wildman–Crippen MR) is 53.2 cm³/mol. The third-order valence-electron chi connectivity index (χ3n) is 2.28. The first-order valence-electron chi connectivity index (χ1n) is 4.45. The van der Waals surface area contributed by atoms with Gasteiger partial charge < -0.3 is 0 Å². The van der Waals surface area contributed by atoms with Gasteiger partial charge in [-0.2, -0.15) is 0 Å². The standard InChI is InChI=1S/C10H19Cl/c1-4-9(3)10(5-2)7-6-8-11/h4,10H,5-8H2,1-3H3/b9-4+. The first-order valence-corrected chi connectivity index (χ1v) is 4.98. The van der Waals surface area contributed by atoms with Crippen LogP contribution in [0.3, 0.4) is 0 Å². The van der Waals surface area contributed by atoms with Crippen molar-refractivity contribution < 1.29 is 0 Å². The molecule has 0 bridgehead atoms. The molecule has 0 spiro atoms. The Bertz CT molecular complexity index is 116. The fourth-order valence-corrected chi connectivity index (χ4v) is 1.47.